The molecule has 40 heavy (non-hydrogen) atoms. The Labute approximate surface area is 223 Å². The van der Waals surface area contributed by atoms with Crippen LogP contribution in [0.4, 0.5) is 26.3 Å². The lowest BCUT2D eigenvalue weighted by Crippen LogP contribution is -2.33. The molecule has 0 radical (unpaired) electrons. The van der Waals surface area contributed by atoms with E-state index >= 15 is 0 Å². The second-order valence-electron chi connectivity index (χ2n) is 7.89. The normalized spacial score (nSPS) is 11.4. The molecule has 2 aromatic carbocycles. The van der Waals surface area contributed by atoms with Crippen molar-refractivity contribution in [3.8, 4) is 17.2 Å². The molecule has 216 valence electrons. The summed E-state index contributed by atoms with van der Waals surface area (Å²) in [5.74, 6) is -1.75. The summed E-state index contributed by atoms with van der Waals surface area (Å²) in [5, 5.41) is 12.0. The van der Waals surface area contributed by atoms with Gasteiger partial charge in [0.05, 0.1) is 19.4 Å². The van der Waals surface area contributed by atoms with Gasteiger partial charge >= 0.3 is 12.8 Å². The molecule has 0 aliphatic carbocycles. The lowest BCUT2D eigenvalue weighted by Gasteiger charge is -2.14. The third-order valence-corrected chi connectivity index (χ3v) is 4.93. The van der Waals surface area contributed by atoms with Crippen molar-refractivity contribution in [2.24, 2.45) is 0 Å². The SMILES string of the molecule is O=C(NCC(F)(F)F)c1ccc(-n2cc(C(=O)NCc3cccc(OC(F)F)c3)nn2)c(OCCOCCF)c1. The van der Waals surface area contributed by atoms with Crippen LogP contribution in [0.25, 0.3) is 5.69 Å². The van der Waals surface area contributed by atoms with E-state index in [0.717, 1.165) is 4.68 Å². The van der Waals surface area contributed by atoms with Crippen molar-refractivity contribution in [3.63, 3.8) is 0 Å². The molecule has 10 nitrogen and oxygen atoms in total. The molecule has 2 amide bonds. The lowest BCUT2D eigenvalue weighted by atomic mass is 10.1. The van der Waals surface area contributed by atoms with Gasteiger partial charge < -0.3 is 24.8 Å². The standard InChI is InChI=1S/C24H23F6N5O5/c25-6-7-38-8-9-39-20-11-16(21(36)32-14-24(28,29)30)4-5-19(20)35-13-18(33-34-35)22(37)31-12-15-2-1-3-17(10-15)40-23(26)27/h1-5,10-11,13,23H,6-9,12,14H2,(H,31,37)(H,32,36). The molecule has 3 aromatic rings. The van der Waals surface area contributed by atoms with Crippen molar-refractivity contribution in [2.75, 3.05) is 33.0 Å². The summed E-state index contributed by atoms with van der Waals surface area (Å²) in [4.78, 5) is 24.8. The summed E-state index contributed by atoms with van der Waals surface area (Å²) < 4.78 is 90.6. The van der Waals surface area contributed by atoms with E-state index in [4.69, 9.17) is 9.47 Å². The number of hydrogen-bond donors (Lipinski definition) is 2. The van der Waals surface area contributed by atoms with Gasteiger partial charge in [-0.05, 0) is 35.9 Å². The maximum atomic E-state index is 12.6. The van der Waals surface area contributed by atoms with Crippen molar-refractivity contribution < 1.29 is 50.1 Å². The van der Waals surface area contributed by atoms with Crippen LogP contribution in [0.3, 0.4) is 0 Å². The van der Waals surface area contributed by atoms with Crippen LogP contribution >= 0.6 is 0 Å². The highest BCUT2D eigenvalue weighted by Gasteiger charge is 2.28. The molecule has 0 aliphatic rings. The molecular formula is C24H23F6N5O5. The Balaban J connectivity index is 1.73. The minimum atomic E-state index is -4.61. The first kappa shape index (κ1) is 30.2. The highest BCUT2D eigenvalue weighted by molar-refractivity contribution is 5.95. The van der Waals surface area contributed by atoms with E-state index in [9.17, 15) is 35.9 Å². The molecule has 1 aromatic heterocycles. The van der Waals surface area contributed by atoms with Crippen LogP contribution in [0.2, 0.25) is 0 Å². The number of halogens is 6. The van der Waals surface area contributed by atoms with Gasteiger partial charge in [0.2, 0.25) is 0 Å². The Morgan fingerprint density at radius 2 is 1.80 bits per heavy atom. The molecule has 0 spiro atoms. The third-order valence-electron chi connectivity index (χ3n) is 4.93. The molecule has 3 rings (SSSR count). The number of hydrogen-bond acceptors (Lipinski definition) is 7. The summed E-state index contributed by atoms with van der Waals surface area (Å²) >= 11 is 0. The zero-order valence-electron chi connectivity index (χ0n) is 20.6. The fraction of sp³-hybridized carbons (Fsp3) is 0.333. The maximum Gasteiger partial charge on any atom is 0.405 e. The van der Waals surface area contributed by atoms with E-state index in [-0.39, 0.29) is 54.8 Å². The second-order valence-corrected chi connectivity index (χ2v) is 7.89. The Kier molecular flexibility index (Phi) is 10.7. The molecule has 0 unspecified atom stereocenters. The fourth-order valence-corrected chi connectivity index (χ4v) is 3.20. The Hall–Kier alpha value is -4.34. The van der Waals surface area contributed by atoms with Crippen molar-refractivity contribution in [1.82, 2.24) is 25.6 Å². The van der Waals surface area contributed by atoms with E-state index < -0.39 is 37.8 Å². The van der Waals surface area contributed by atoms with E-state index in [2.05, 4.69) is 20.4 Å². The number of ether oxygens (including phenoxy) is 3. The molecule has 0 bridgehead atoms. The van der Waals surface area contributed by atoms with Gasteiger partial charge in [0.1, 0.15) is 37.0 Å². The summed E-state index contributed by atoms with van der Waals surface area (Å²) in [6.45, 7) is -5.58. The van der Waals surface area contributed by atoms with Gasteiger partial charge in [-0.3, -0.25) is 9.59 Å². The number of benzene rings is 2. The second kappa shape index (κ2) is 14.2. The number of rotatable bonds is 14. The quantitative estimate of drug-likeness (QED) is 0.224. The largest absolute Gasteiger partial charge is 0.489 e. The molecule has 16 heteroatoms. The van der Waals surface area contributed by atoms with Gasteiger partial charge in [-0.2, -0.15) is 22.0 Å². The minimum Gasteiger partial charge on any atom is -0.489 e. The van der Waals surface area contributed by atoms with Gasteiger partial charge in [0, 0.05) is 12.1 Å². The molecule has 0 aliphatic heterocycles. The highest BCUT2D eigenvalue weighted by atomic mass is 19.4. The first-order valence-corrected chi connectivity index (χ1v) is 11.6. The molecule has 2 N–H and O–H groups in total. The zero-order valence-corrected chi connectivity index (χ0v) is 20.6. The number of alkyl halides is 6. The average molecular weight is 575 g/mol. The summed E-state index contributed by atoms with van der Waals surface area (Å²) in [6, 6.07) is 9.45. The third kappa shape index (κ3) is 9.44. The first-order chi connectivity index (χ1) is 19.1. The predicted octanol–water partition coefficient (Wildman–Crippen LogP) is 3.46. The Morgan fingerprint density at radius 1 is 1.00 bits per heavy atom. The van der Waals surface area contributed by atoms with Crippen molar-refractivity contribution in [1.29, 1.82) is 0 Å². The number of aromatic nitrogens is 3. The topological polar surface area (TPSA) is 117 Å². The highest BCUT2D eigenvalue weighted by Crippen LogP contribution is 2.25. The van der Waals surface area contributed by atoms with Crippen molar-refractivity contribution in [2.45, 2.75) is 19.3 Å². The van der Waals surface area contributed by atoms with E-state index in [1.54, 1.807) is 11.4 Å². The monoisotopic (exact) mass is 575 g/mol. The number of carbonyl (C=O) groups excluding carboxylic acids is 2. The molecule has 0 saturated carbocycles. The first-order valence-electron chi connectivity index (χ1n) is 11.6. The van der Waals surface area contributed by atoms with Gasteiger partial charge in [0.25, 0.3) is 11.8 Å². The van der Waals surface area contributed by atoms with Crippen molar-refractivity contribution >= 4 is 11.8 Å². The Bertz CT molecular complexity index is 1290. The predicted molar refractivity (Wildman–Crippen MR) is 126 cm³/mol. The van der Waals surface area contributed by atoms with Crippen LogP contribution in [0, 0.1) is 0 Å². The molecular weight excluding hydrogens is 552 g/mol. The summed E-state index contributed by atoms with van der Waals surface area (Å²) in [7, 11) is 0. The Morgan fingerprint density at radius 3 is 2.52 bits per heavy atom. The molecule has 0 fully saturated rings. The lowest BCUT2D eigenvalue weighted by molar-refractivity contribution is -0.123. The van der Waals surface area contributed by atoms with Crippen LogP contribution in [0.15, 0.2) is 48.7 Å². The smallest absolute Gasteiger partial charge is 0.405 e. The average Bonchev–Trinajstić information content (AvgIpc) is 3.40. The van der Waals surface area contributed by atoms with Gasteiger partial charge in [-0.1, -0.05) is 17.3 Å². The fourth-order valence-electron chi connectivity index (χ4n) is 3.20. The van der Waals surface area contributed by atoms with Gasteiger partial charge in [-0.25, -0.2) is 9.07 Å². The van der Waals surface area contributed by atoms with Crippen LogP contribution in [-0.4, -0.2) is 72.6 Å². The van der Waals surface area contributed by atoms with E-state index in [1.165, 1.54) is 42.6 Å². The zero-order chi connectivity index (χ0) is 29.1. The number of nitrogens with one attached hydrogen (secondary N) is 2. The maximum absolute atomic E-state index is 12.6. The van der Waals surface area contributed by atoms with Crippen LogP contribution in [0.1, 0.15) is 26.4 Å². The molecule has 0 saturated heterocycles. The molecule has 0 atom stereocenters. The minimum absolute atomic E-state index is 0.00351. The van der Waals surface area contributed by atoms with E-state index in [1.807, 2.05) is 0 Å². The van der Waals surface area contributed by atoms with Gasteiger partial charge in [0.15, 0.2) is 5.69 Å². The molecule has 1 heterocycles. The van der Waals surface area contributed by atoms with Gasteiger partial charge in [-0.15, -0.1) is 5.10 Å². The van der Waals surface area contributed by atoms with E-state index in [0.29, 0.717) is 5.56 Å². The number of nitrogens with zero attached hydrogens (tertiary/aromatic N) is 3. The van der Waals surface area contributed by atoms with Crippen LogP contribution in [-0.2, 0) is 11.3 Å². The number of amides is 2. The summed E-state index contributed by atoms with van der Waals surface area (Å²) in [5.41, 5.74) is 0.373. The van der Waals surface area contributed by atoms with Crippen LogP contribution in [0.5, 0.6) is 11.5 Å². The van der Waals surface area contributed by atoms with Crippen molar-refractivity contribution in [3.05, 3.63) is 65.5 Å². The van der Waals surface area contributed by atoms with Crippen LogP contribution < -0.4 is 20.1 Å². The summed E-state index contributed by atoms with van der Waals surface area (Å²) in [6.07, 6.45) is -3.38. The number of carbonyl (C=O) groups is 2.